The Bertz CT molecular complexity index is 330. The van der Waals surface area contributed by atoms with E-state index in [0.29, 0.717) is 6.61 Å². The van der Waals surface area contributed by atoms with Crippen molar-refractivity contribution in [2.24, 2.45) is 0 Å². The highest BCUT2D eigenvalue weighted by atomic mass is 35.5. The lowest BCUT2D eigenvalue weighted by atomic mass is 10.2. The summed E-state index contributed by atoms with van der Waals surface area (Å²) in [5.41, 5.74) is 1.08. The molecule has 1 aromatic carbocycles. The maximum absolute atomic E-state index is 5.66. The molecule has 0 bridgehead atoms. The molecule has 0 aliphatic carbocycles. The number of hydrogen-bond acceptors (Lipinski definition) is 4. The van der Waals surface area contributed by atoms with Crippen LogP contribution in [0.2, 0.25) is 0 Å². The van der Waals surface area contributed by atoms with Crippen LogP contribution in [0.3, 0.4) is 0 Å². The van der Waals surface area contributed by atoms with Gasteiger partial charge < -0.3 is 4.74 Å². The van der Waals surface area contributed by atoms with Gasteiger partial charge in [0.05, 0.1) is 6.61 Å². The normalized spacial score (nSPS) is 12.4. The van der Waals surface area contributed by atoms with E-state index >= 15 is 0 Å². The summed E-state index contributed by atoms with van der Waals surface area (Å²) in [7, 11) is 0. The molecule has 0 saturated heterocycles. The van der Waals surface area contributed by atoms with Crippen molar-refractivity contribution in [3.8, 4) is 0 Å². The summed E-state index contributed by atoms with van der Waals surface area (Å²) < 4.78 is 6.19. The molecule has 1 atom stereocenters. The predicted molar refractivity (Wildman–Crippen MR) is 84.1 cm³/mol. The molecule has 0 aromatic heterocycles. The van der Waals surface area contributed by atoms with Gasteiger partial charge in [0.1, 0.15) is 9.09 Å². The van der Waals surface area contributed by atoms with Crippen LogP contribution in [0.4, 0.5) is 0 Å². The van der Waals surface area contributed by atoms with Crippen LogP contribution in [0.5, 0.6) is 0 Å². The van der Waals surface area contributed by atoms with Crippen LogP contribution >= 0.6 is 47.3 Å². The number of thiocarbonyl (C=S) groups is 1. The van der Waals surface area contributed by atoms with E-state index in [2.05, 4.69) is 12.1 Å². The van der Waals surface area contributed by atoms with Crippen LogP contribution in [-0.4, -0.2) is 21.5 Å². The molecule has 0 spiro atoms. The Balaban J connectivity index is 2.09. The highest BCUT2D eigenvalue weighted by molar-refractivity contribution is 8.46. The fourth-order valence-electron chi connectivity index (χ4n) is 1.09. The van der Waals surface area contributed by atoms with Crippen molar-refractivity contribution in [1.29, 1.82) is 0 Å². The van der Waals surface area contributed by atoms with Gasteiger partial charge in [-0.3, -0.25) is 0 Å². The third-order valence-electron chi connectivity index (χ3n) is 1.85. The van der Waals surface area contributed by atoms with E-state index in [1.165, 1.54) is 5.56 Å². The summed E-state index contributed by atoms with van der Waals surface area (Å²) in [5.74, 6) is 1.79. The Hall–Kier alpha value is 0.260. The van der Waals surface area contributed by atoms with Crippen molar-refractivity contribution in [1.82, 2.24) is 0 Å². The van der Waals surface area contributed by atoms with Crippen LogP contribution < -0.4 is 0 Å². The molecule has 0 heterocycles. The van der Waals surface area contributed by atoms with Gasteiger partial charge in [0, 0.05) is 11.5 Å². The molecule has 0 saturated carbocycles. The highest BCUT2D eigenvalue weighted by Gasteiger charge is 2.01. The maximum atomic E-state index is 5.66. The second kappa shape index (κ2) is 9.22. The quantitative estimate of drug-likeness (QED) is 0.433. The van der Waals surface area contributed by atoms with Gasteiger partial charge in [0.2, 0.25) is 0 Å². The minimum atomic E-state index is -0.221. The third kappa shape index (κ3) is 8.06. The number of benzene rings is 1. The molecule has 0 fully saturated rings. The molecule has 94 valence electrons. The zero-order chi connectivity index (χ0) is 12.5. The number of hydrogen-bond donors (Lipinski definition) is 0. The first-order valence-electron chi connectivity index (χ1n) is 5.27. The topological polar surface area (TPSA) is 9.23 Å². The van der Waals surface area contributed by atoms with Crippen molar-refractivity contribution < 1.29 is 4.74 Å². The van der Waals surface area contributed by atoms with Crippen LogP contribution in [0, 0.1) is 0 Å². The molecule has 0 N–H and O–H groups in total. The first kappa shape index (κ1) is 15.3. The lowest BCUT2D eigenvalue weighted by molar-refractivity contribution is 0.135. The number of alkyl halides is 1. The van der Waals surface area contributed by atoms with E-state index in [9.17, 15) is 0 Å². The Labute approximate surface area is 122 Å². The molecular weight excluding hydrogens is 292 g/mol. The summed E-state index contributed by atoms with van der Waals surface area (Å²) in [5, 5.41) is 0. The minimum absolute atomic E-state index is 0.221. The summed E-state index contributed by atoms with van der Waals surface area (Å²) in [6, 6.07) is 10.3. The third-order valence-corrected chi connectivity index (χ3v) is 4.71. The SMILES string of the molecule is CC(Cl)OCCSC(=S)SCc1ccccc1. The Morgan fingerprint density at radius 3 is 2.71 bits per heavy atom. The summed E-state index contributed by atoms with van der Waals surface area (Å²) in [6.07, 6.45) is 0. The van der Waals surface area contributed by atoms with Crippen molar-refractivity contribution in [2.45, 2.75) is 18.2 Å². The number of halogens is 1. The monoisotopic (exact) mass is 306 g/mol. The fraction of sp³-hybridized carbons (Fsp3) is 0.417. The molecule has 0 aliphatic heterocycles. The van der Waals surface area contributed by atoms with Crippen molar-refractivity contribution in [2.75, 3.05) is 12.4 Å². The van der Waals surface area contributed by atoms with E-state index in [-0.39, 0.29) is 5.56 Å². The van der Waals surface area contributed by atoms with Gasteiger partial charge in [-0.25, -0.2) is 0 Å². The van der Waals surface area contributed by atoms with Gasteiger partial charge in [-0.2, -0.15) is 0 Å². The fourth-order valence-corrected chi connectivity index (χ4v) is 3.19. The lowest BCUT2D eigenvalue weighted by Gasteiger charge is -2.06. The van der Waals surface area contributed by atoms with E-state index in [1.54, 1.807) is 23.5 Å². The van der Waals surface area contributed by atoms with E-state index in [0.717, 1.165) is 15.0 Å². The molecular formula is C12H15ClOS3. The summed E-state index contributed by atoms with van der Waals surface area (Å²) in [6.45, 7) is 2.45. The maximum Gasteiger partial charge on any atom is 0.128 e. The lowest BCUT2D eigenvalue weighted by Crippen LogP contribution is -2.03. The average Bonchev–Trinajstić information content (AvgIpc) is 2.33. The first-order valence-corrected chi connectivity index (χ1v) is 8.09. The van der Waals surface area contributed by atoms with Crippen molar-refractivity contribution in [3.63, 3.8) is 0 Å². The molecule has 5 heteroatoms. The molecule has 1 aromatic rings. The summed E-state index contributed by atoms with van der Waals surface area (Å²) >= 11 is 14.3. The highest BCUT2D eigenvalue weighted by Crippen LogP contribution is 2.21. The van der Waals surface area contributed by atoms with Gasteiger partial charge in [-0.05, 0) is 12.5 Å². The van der Waals surface area contributed by atoms with Crippen LogP contribution in [0.15, 0.2) is 30.3 Å². The van der Waals surface area contributed by atoms with Crippen LogP contribution in [-0.2, 0) is 10.5 Å². The summed E-state index contributed by atoms with van der Waals surface area (Å²) in [4.78, 5) is 0. The predicted octanol–water partition coefficient (Wildman–Crippen LogP) is 4.54. The van der Waals surface area contributed by atoms with Gasteiger partial charge in [0.15, 0.2) is 0 Å². The van der Waals surface area contributed by atoms with Crippen LogP contribution in [0.25, 0.3) is 0 Å². The second-order valence-corrected chi connectivity index (χ2v) is 7.18. The molecule has 0 aliphatic rings. The zero-order valence-corrected chi connectivity index (χ0v) is 12.8. The van der Waals surface area contributed by atoms with E-state index < -0.39 is 0 Å². The largest absolute Gasteiger partial charge is 0.362 e. The van der Waals surface area contributed by atoms with Gasteiger partial charge in [0.25, 0.3) is 0 Å². The Morgan fingerprint density at radius 1 is 1.35 bits per heavy atom. The molecule has 0 radical (unpaired) electrons. The molecule has 1 nitrogen and oxygen atoms in total. The zero-order valence-electron chi connectivity index (χ0n) is 9.60. The van der Waals surface area contributed by atoms with E-state index in [4.69, 9.17) is 28.6 Å². The number of rotatable bonds is 6. The van der Waals surface area contributed by atoms with Crippen LogP contribution in [0.1, 0.15) is 12.5 Å². The van der Waals surface area contributed by atoms with E-state index in [1.807, 2.05) is 25.1 Å². The van der Waals surface area contributed by atoms with Crippen molar-refractivity contribution >= 4 is 50.9 Å². The Morgan fingerprint density at radius 2 is 2.06 bits per heavy atom. The van der Waals surface area contributed by atoms with Gasteiger partial charge in [-0.15, -0.1) is 23.5 Å². The number of thioether (sulfide) groups is 2. The second-order valence-electron chi connectivity index (χ2n) is 3.29. The average molecular weight is 307 g/mol. The number of ether oxygens (including phenoxy) is 1. The minimum Gasteiger partial charge on any atom is -0.362 e. The Kier molecular flexibility index (Phi) is 8.31. The van der Waals surface area contributed by atoms with Gasteiger partial charge >= 0.3 is 0 Å². The molecule has 17 heavy (non-hydrogen) atoms. The smallest absolute Gasteiger partial charge is 0.128 e. The van der Waals surface area contributed by atoms with Gasteiger partial charge in [-0.1, -0.05) is 54.2 Å². The molecule has 0 amide bonds. The first-order chi connectivity index (χ1) is 8.18. The standard InChI is InChI=1S/C12H15ClOS3/c1-10(13)14-7-8-16-12(15)17-9-11-5-3-2-4-6-11/h2-6,10H,7-9H2,1H3. The molecule has 1 rings (SSSR count). The van der Waals surface area contributed by atoms with Crippen molar-refractivity contribution in [3.05, 3.63) is 35.9 Å². The molecule has 1 unspecified atom stereocenters.